The quantitative estimate of drug-likeness (QED) is 0.936. The maximum absolute atomic E-state index is 6.04. The number of anilines is 1. The molecule has 104 valence electrons. The maximum atomic E-state index is 6.04. The van der Waals surface area contributed by atoms with Gasteiger partial charge in [-0.15, -0.1) is 0 Å². The molecule has 1 aliphatic rings. The molecule has 6 heteroatoms. The number of nitrogens with zero attached hydrogens (tertiary/aromatic N) is 2. The average molecular weight is 289 g/mol. The van der Waals surface area contributed by atoms with Crippen LogP contribution in [0.1, 0.15) is 11.3 Å². The van der Waals surface area contributed by atoms with Crippen LogP contribution < -0.4 is 15.2 Å². The van der Waals surface area contributed by atoms with Crippen LogP contribution in [-0.4, -0.2) is 24.2 Å². The maximum Gasteiger partial charge on any atom is 0.171 e. The molecule has 2 aromatic rings. The predicted molar refractivity (Wildman–Crippen MR) is 80.0 cm³/mol. The zero-order valence-electron chi connectivity index (χ0n) is 11.3. The zero-order chi connectivity index (χ0) is 14.1. The van der Waals surface area contributed by atoms with Crippen molar-refractivity contribution in [2.24, 2.45) is 0 Å². The lowest BCUT2D eigenvalue weighted by molar-refractivity contribution is 0.356. The van der Waals surface area contributed by atoms with E-state index in [0.29, 0.717) is 23.1 Å². The molecule has 0 atom stereocenters. The van der Waals surface area contributed by atoms with E-state index in [1.54, 1.807) is 26.0 Å². The highest BCUT2D eigenvalue weighted by Crippen LogP contribution is 2.39. The third-order valence-electron chi connectivity index (χ3n) is 3.25. The van der Waals surface area contributed by atoms with Crippen LogP contribution >= 0.6 is 11.8 Å². The molecule has 0 spiro atoms. The number of aromatic nitrogens is 2. The SMILES string of the molecule is COc1cccc(-c2nc(N)c3c(n2)CSC3)c1OC. The van der Waals surface area contributed by atoms with Crippen LogP contribution in [0.2, 0.25) is 0 Å². The molecule has 0 saturated carbocycles. The van der Waals surface area contributed by atoms with Crippen molar-refractivity contribution in [3.05, 3.63) is 29.5 Å². The van der Waals surface area contributed by atoms with Crippen molar-refractivity contribution in [2.45, 2.75) is 11.5 Å². The number of fused-ring (bicyclic) bond motifs is 1. The minimum absolute atomic E-state index is 0.555. The fraction of sp³-hybridized carbons (Fsp3) is 0.286. The number of nitrogens with two attached hydrogens (primary N) is 1. The molecule has 3 rings (SSSR count). The number of thioether (sulfide) groups is 1. The topological polar surface area (TPSA) is 70.3 Å². The summed E-state index contributed by atoms with van der Waals surface area (Å²) in [7, 11) is 3.21. The molecule has 2 heterocycles. The summed E-state index contributed by atoms with van der Waals surface area (Å²) in [5, 5.41) is 0. The van der Waals surface area contributed by atoms with Gasteiger partial charge in [-0.25, -0.2) is 9.97 Å². The van der Waals surface area contributed by atoms with Gasteiger partial charge in [-0.2, -0.15) is 11.8 Å². The fourth-order valence-electron chi connectivity index (χ4n) is 2.26. The number of hydrogen-bond donors (Lipinski definition) is 1. The van der Waals surface area contributed by atoms with Gasteiger partial charge in [-0.05, 0) is 12.1 Å². The molecular formula is C14H15N3O2S. The van der Waals surface area contributed by atoms with Crippen LogP contribution in [0.25, 0.3) is 11.4 Å². The Morgan fingerprint density at radius 1 is 1.15 bits per heavy atom. The molecule has 0 fully saturated rings. The Kier molecular flexibility index (Phi) is 3.40. The fourth-order valence-corrected chi connectivity index (χ4v) is 3.31. The molecular weight excluding hydrogens is 274 g/mol. The number of para-hydroxylation sites is 1. The van der Waals surface area contributed by atoms with Gasteiger partial charge >= 0.3 is 0 Å². The van der Waals surface area contributed by atoms with Crippen LogP contribution in [0.4, 0.5) is 5.82 Å². The summed E-state index contributed by atoms with van der Waals surface area (Å²) in [6.45, 7) is 0. The summed E-state index contributed by atoms with van der Waals surface area (Å²) in [6.07, 6.45) is 0. The molecule has 1 aromatic heterocycles. The van der Waals surface area contributed by atoms with Crippen molar-refractivity contribution in [2.75, 3.05) is 20.0 Å². The average Bonchev–Trinajstić information content (AvgIpc) is 2.95. The minimum Gasteiger partial charge on any atom is -0.493 e. The molecule has 0 bridgehead atoms. The van der Waals surface area contributed by atoms with Crippen molar-refractivity contribution in [3.63, 3.8) is 0 Å². The van der Waals surface area contributed by atoms with E-state index >= 15 is 0 Å². The standard InChI is InChI=1S/C14H15N3O2S/c1-18-11-5-3-4-8(12(11)19-2)14-16-10-7-20-6-9(10)13(15)17-14/h3-5H,6-7H2,1-2H3,(H2,15,16,17). The van der Waals surface area contributed by atoms with E-state index in [9.17, 15) is 0 Å². The highest BCUT2D eigenvalue weighted by molar-refractivity contribution is 7.98. The monoisotopic (exact) mass is 289 g/mol. The minimum atomic E-state index is 0.555. The number of benzene rings is 1. The van der Waals surface area contributed by atoms with Gasteiger partial charge in [0.25, 0.3) is 0 Å². The summed E-state index contributed by atoms with van der Waals surface area (Å²) in [4.78, 5) is 9.04. The molecule has 0 radical (unpaired) electrons. The number of ether oxygens (including phenoxy) is 2. The van der Waals surface area contributed by atoms with Crippen LogP contribution in [0.3, 0.4) is 0 Å². The Morgan fingerprint density at radius 2 is 2.00 bits per heavy atom. The molecule has 2 N–H and O–H groups in total. The van der Waals surface area contributed by atoms with E-state index in [0.717, 1.165) is 28.3 Å². The highest BCUT2D eigenvalue weighted by Gasteiger charge is 2.21. The van der Waals surface area contributed by atoms with E-state index in [1.165, 1.54) is 0 Å². The second-order valence-corrected chi connectivity index (χ2v) is 5.38. The number of methoxy groups -OCH3 is 2. The van der Waals surface area contributed by atoms with E-state index in [4.69, 9.17) is 15.2 Å². The highest BCUT2D eigenvalue weighted by atomic mass is 32.2. The smallest absolute Gasteiger partial charge is 0.171 e. The second-order valence-electron chi connectivity index (χ2n) is 4.39. The van der Waals surface area contributed by atoms with Crippen molar-refractivity contribution in [1.29, 1.82) is 0 Å². The van der Waals surface area contributed by atoms with Crippen LogP contribution in [0, 0.1) is 0 Å². The van der Waals surface area contributed by atoms with E-state index in [1.807, 2.05) is 18.2 Å². The molecule has 20 heavy (non-hydrogen) atoms. The first-order valence-electron chi connectivity index (χ1n) is 6.19. The molecule has 0 amide bonds. The first-order valence-corrected chi connectivity index (χ1v) is 7.34. The molecule has 1 aromatic carbocycles. The summed E-state index contributed by atoms with van der Waals surface area (Å²) < 4.78 is 10.7. The van der Waals surface area contributed by atoms with Crippen molar-refractivity contribution in [3.8, 4) is 22.9 Å². The van der Waals surface area contributed by atoms with Crippen LogP contribution in [0.5, 0.6) is 11.5 Å². The lowest BCUT2D eigenvalue weighted by Gasteiger charge is -2.12. The lowest BCUT2D eigenvalue weighted by atomic mass is 10.1. The first kappa shape index (κ1) is 13.1. The van der Waals surface area contributed by atoms with Gasteiger partial charge in [0.15, 0.2) is 17.3 Å². The van der Waals surface area contributed by atoms with E-state index in [-0.39, 0.29) is 0 Å². The van der Waals surface area contributed by atoms with Gasteiger partial charge < -0.3 is 15.2 Å². The van der Waals surface area contributed by atoms with Gasteiger partial charge in [-0.3, -0.25) is 0 Å². The number of rotatable bonds is 3. The molecule has 5 nitrogen and oxygen atoms in total. The Balaban J connectivity index is 2.17. The van der Waals surface area contributed by atoms with Crippen molar-refractivity contribution >= 4 is 17.6 Å². The Bertz CT molecular complexity index is 661. The van der Waals surface area contributed by atoms with E-state index < -0.39 is 0 Å². The summed E-state index contributed by atoms with van der Waals surface area (Å²) >= 11 is 1.80. The Morgan fingerprint density at radius 3 is 2.75 bits per heavy atom. The Labute approximate surface area is 121 Å². The van der Waals surface area contributed by atoms with E-state index in [2.05, 4.69) is 9.97 Å². The van der Waals surface area contributed by atoms with Gasteiger partial charge in [0.2, 0.25) is 0 Å². The molecule has 1 aliphatic heterocycles. The molecule has 0 unspecified atom stereocenters. The van der Waals surface area contributed by atoms with Crippen LogP contribution in [0.15, 0.2) is 18.2 Å². The lowest BCUT2D eigenvalue weighted by Crippen LogP contribution is -2.04. The third-order valence-corrected chi connectivity index (χ3v) is 4.22. The molecule has 0 saturated heterocycles. The normalized spacial score (nSPS) is 13.1. The number of hydrogen-bond acceptors (Lipinski definition) is 6. The number of nitrogen functional groups attached to an aromatic ring is 1. The van der Waals surface area contributed by atoms with Crippen molar-refractivity contribution < 1.29 is 9.47 Å². The summed E-state index contributed by atoms with van der Waals surface area (Å²) in [5.74, 6) is 4.18. The third kappa shape index (κ3) is 2.06. The first-order chi connectivity index (χ1) is 9.74. The predicted octanol–water partition coefficient (Wildman–Crippen LogP) is 2.49. The van der Waals surface area contributed by atoms with Crippen LogP contribution in [-0.2, 0) is 11.5 Å². The van der Waals surface area contributed by atoms with Crippen molar-refractivity contribution in [1.82, 2.24) is 9.97 Å². The summed E-state index contributed by atoms with van der Waals surface area (Å²) in [5.41, 5.74) is 8.90. The molecule has 0 aliphatic carbocycles. The Hall–Kier alpha value is -1.95. The zero-order valence-corrected chi connectivity index (χ0v) is 12.2. The largest absolute Gasteiger partial charge is 0.493 e. The van der Waals surface area contributed by atoms with Gasteiger partial charge in [0.05, 0.1) is 25.5 Å². The van der Waals surface area contributed by atoms with Gasteiger partial charge in [-0.1, -0.05) is 6.07 Å². The van der Waals surface area contributed by atoms with Gasteiger partial charge in [0.1, 0.15) is 5.82 Å². The second kappa shape index (κ2) is 5.20. The summed E-state index contributed by atoms with van der Waals surface area (Å²) in [6, 6.07) is 5.64. The van der Waals surface area contributed by atoms with Gasteiger partial charge in [0, 0.05) is 17.1 Å².